The number of piperazine rings is 1. The lowest BCUT2D eigenvalue weighted by molar-refractivity contribution is -0.189. The van der Waals surface area contributed by atoms with E-state index in [9.17, 15) is 4.79 Å². The van der Waals surface area contributed by atoms with Crippen molar-refractivity contribution >= 4 is 81.2 Å². The first-order valence-electron chi connectivity index (χ1n) is 19.4. The van der Waals surface area contributed by atoms with Crippen LogP contribution in [0.5, 0.6) is 5.75 Å². The summed E-state index contributed by atoms with van der Waals surface area (Å²) in [5.74, 6) is -0.201. The molecule has 3 unspecified atom stereocenters. The summed E-state index contributed by atoms with van der Waals surface area (Å²) in [6.45, 7) is 6.69. The van der Waals surface area contributed by atoms with E-state index in [0.29, 0.717) is 68.6 Å². The molecule has 0 radical (unpaired) electrons. The van der Waals surface area contributed by atoms with Gasteiger partial charge in [0.05, 0.1) is 44.0 Å². The summed E-state index contributed by atoms with van der Waals surface area (Å²) in [5.41, 5.74) is 3.53. The van der Waals surface area contributed by atoms with Crippen LogP contribution in [-0.4, -0.2) is 75.4 Å². The predicted octanol–water partition coefficient (Wildman–Crippen LogP) is 10.7. The summed E-state index contributed by atoms with van der Waals surface area (Å²) in [5, 5.41) is 3.31. The van der Waals surface area contributed by atoms with Gasteiger partial charge in [-0.2, -0.15) is 0 Å². The number of nitrogens with zero attached hydrogens (tertiary/aromatic N) is 6. The SMILES string of the molecule is CC(=O)N1CCN(c2ccc(OCC3COC(Cn4ccnc4)(c4ccc(Cl)cc4Cl)O3)cc2)CC1.Clc1ccc(COC(Cn2ccnc2)c2ccc(Cl)cc2Cl)c(Cl)c1. The van der Waals surface area contributed by atoms with Gasteiger partial charge in [-0.3, -0.25) is 4.79 Å². The molecule has 17 heteroatoms. The van der Waals surface area contributed by atoms with Gasteiger partial charge in [-0.05, 0) is 66.2 Å². The van der Waals surface area contributed by atoms with Crippen LogP contribution in [0.3, 0.4) is 0 Å². The summed E-state index contributed by atoms with van der Waals surface area (Å²) in [6, 6.07) is 24.0. The Morgan fingerprint density at radius 3 is 2.05 bits per heavy atom. The molecule has 61 heavy (non-hydrogen) atoms. The summed E-state index contributed by atoms with van der Waals surface area (Å²) >= 11 is 37.2. The lowest BCUT2D eigenvalue weighted by Crippen LogP contribution is -2.48. The highest BCUT2D eigenvalue weighted by Gasteiger charge is 2.45. The molecule has 2 aromatic heterocycles. The number of benzene rings is 4. The number of hydrogen-bond donors (Lipinski definition) is 0. The third-order valence-corrected chi connectivity index (χ3v) is 11.9. The minimum Gasteiger partial charge on any atom is -0.491 e. The molecule has 1 amide bonds. The van der Waals surface area contributed by atoms with Crippen molar-refractivity contribution in [3.63, 3.8) is 0 Å². The van der Waals surface area contributed by atoms with Crippen molar-refractivity contribution in [1.29, 1.82) is 0 Å². The van der Waals surface area contributed by atoms with E-state index in [2.05, 4.69) is 14.9 Å². The van der Waals surface area contributed by atoms with Gasteiger partial charge in [0.15, 0.2) is 0 Å². The second-order valence-electron chi connectivity index (χ2n) is 14.4. The number of amides is 1. The fraction of sp³-hybridized carbons (Fsp3) is 0.295. The Morgan fingerprint density at radius 1 is 0.787 bits per heavy atom. The zero-order valence-corrected chi connectivity index (χ0v) is 37.5. The van der Waals surface area contributed by atoms with Gasteiger partial charge in [0.1, 0.15) is 24.6 Å². The van der Waals surface area contributed by atoms with Crippen LogP contribution in [0.2, 0.25) is 30.1 Å². The number of hydrogen-bond acceptors (Lipinski definition) is 8. The molecule has 320 valence electrons. The van der Waals surface area contributed by atoms with E-state index in [1.807, 2.05) is 68.9 Å². The molecule has 0 N–H and O–H groups in total. The zero-order chi connectivity index (χ0) is 42.9. The van der Waals surface area contributed by atoms with Crippen LogP contribution in [-0.2, 0) is 44.5 Å². The van der Waals surface area contributed by atoms with Gasteiger partial charge < -0.3 is 37.9 Å². The van der Waals surface area contributed by atoms with E-state index in [1.54, 1.807) is 68.4 Å². The van der Waals surface area contributed by atoms with E-state index in [-0.39, 0.29) is 18.1 Å². The van der Waals surface area contributed by atoms with E-state index < -0.39 is 5.79 Å². The van der Waals surface area contributed by atoms with Crippen molar-refractivity contribution in [2.45, 2.75) is 44.6 Å². The summed E-state index contributed by atoms with van der Waals surface area (Å²) in [6.07, 6.45) is 10.0. The number of ether oxygens (including phenoxy) is 4. The minimum atomic E-state index is -1.08. The van der Waals surface area contributed by atoms with Crippen molar-refractivity contribution in [3.05, 3.63) is 163 Å². The Bertz CT molecular complexity index is 2360. The highest BCUT2D eigenvalue weighted by Crippen LogP contribution is 2.41. The van der Waals surface area contributed by atoms with Crippen molar-refractivity contribution in [3.8, 4) is 5.75 Å². The van der Waals surface area contributed by atoms with Gasteiger partial charge in [0, 0.05) is 99.8 Å². The number of rotatable bonds is 13. The smallest absolute Gasteiger partial charge is 0.219 e. The molecular formula is C44H42Cl6N6O5. The maximum Gasteiger partial charge on any atom is 0.219 e. The molecule has 2 aliphatic rings. The maximum absolute atomic E-state index is 11.6. The van der Waals surface area contributed by atoms with Crippen LogP contribution in [0.1, 0.15) is 29.7 Å². The Labute approximate surface area is 384 Å². The zero-order valence-electron chi connectivity index (χ0n) is 33.0. The number of carbonyl (C=O) groups is 1. The van der Waals surface area contributed by atoms with E-state index in [0.717, 1.165) is 48.7 Å². The van der Waals surface area contributed by atoms with Crippen molar-refractivity contribution in [2.24, 2.45) is 0 Å². The summed E-state index contributed by atoms with van der Waals surface area (Å²) < 4.78 is 28.7. The lowest BCUT2D eigenvalue weighted by Gasteiger charge is -2.35. The van der Waals surface area contributed by atoms with Gasteiger partial charge in [0.2, 0.25) is 11.7 Å². The third-order valence-electron chi connectivity index (χ3n) is 10.2. The lowest BCUT2D eigenvalue weighted by atomic mass is 10.1. The highest BCUT2D eigenvalue weighted by atomic mass is 35.5. The quantitative estimate of drug-likeness (QED) is 0.113. The summed E-state index contributed by atoms with van der Waals surface area (Å²) in [7, 11) is 0. The first-order valence-corrected chi connectivity index (χ1v) is 21.6. The topological polar surface area (TPSA) is 96.1 Å². The van der Waals surface area contributed by atoms with Crippen molar-refractivity contribution in [1.82, 2.24) is 24.0 Å². The Hall–Kier alpha value is -4.01. The number of carbonyl (C=O) groups excluding carboxylic acids is 1. The van der Waals surface area contributed by atoms with Crippen LogP contribution in [0.25, 0.3) is 0 Å². The first-order chi connectivity index (χ1) is 29.4. The molecule has 2 saturated heterocycles. The molecule has 2 fully saturated rings. The van der Waals surface area contributed by atoms with Gasteiger partial charge in [0.25, 0.3) is 0 Å². The molecule has 0 aliphatic carbocycles. The third kappa shape index (κ3) is 11.9. The number of anilines is 1. The van der Waals surface area contributed by atoms with Crippen molar-refractivity contribution < 1.29 is 23.7 Å². The Kier molecular flexibility index (Phi) is 15.4. The van der Waals surface area contributed by atoms with Gasteiger partial charge in [-0.15, -0.1) is 0 Å². The molecule has 11 nitrogen and oxygen atoms in total. The van der Waals surface area contributed by atoms with Crippen LogP contribution in [0.4, 0.5) is 5.69 Å². The van der Waals surface area contributed by atoms with Gasteiger partial charge in [-0.25, -0.2) is 9.97 Å². The summed E-state index contributed by atoms with van der Waals surface area (Å²) in [4.78, 5) is 23.9. The molecule has 2 aliphatic heterocycles. The molecular weight excluding hydrogens is 905 g/mol. The Balaban J connectivity index is 0.000000197. The second kappa shape index (κ2) is 20.9. The normalized spacial score (nSPS) is 18.1. The van der Waals surface area contributed by atoms with E-state index >= 15 is 0 Å². The monoisotopic (exact) mass is 944 g/mol. The number of halogens is 6. The molecule has 4 aromatic carbocycles. The number of aromatic nitrogens is 4. The fourth-order valence-electron chi connectivity index (χ4n) is 7.02. The van der Waals surface area contributed by atoms with Crippen LogP contribution in [0.15, 0.2) is 116 Å². The molecule has 0 spiro atoms. The van der Waals surface area contributed by atoms with E-state index in [4.69, 9.17) is 88.6 Å². The molecule has 0 saturated carbocycles. The average Bonchev–Trinajstić information content (AvgIpc) is 4.04. The molecule has 4 heterocycles. The minimum absolute atomic E-state index is 0.129. The fourth-order valence-corrected chi connectivity index (χ4v) is 8.56. The van der Waals surface area contributed by atoms with Crippen LogP contribution in [0, 0.1) is 0 Å². The molecule has 8 rings (SSSR count). The highest BCUT2D eigenvalue weighted by molar-refractivity contribution is 6.36. The van der Waals surface area contributed by atoms with Gasteiger partial charge >= 0.3 is 0 Å². The van der Waals surface area contributed by atoms with Crippen LogP contribution < -0.4 is 9.64 Å². The maximum atomic E-state index is 11.6. The molecule has 6 aromatic rings. The standard InChI is InChI=1S/C26H28Cl2N4O4.C18H14Cl4N2O/c1-19(33)31-10-12-32(13-11-31)21-3-5-22(6-4-21)34-15-23-16-35-26(36-23,17-30-9-8-29-18-30)24-7-2-20(27)14-25(24)28;19-13-2-1-12(16(21)7-13)10-25-18(9-24-6-5-23-11-24)15-4-3-14(20)8-17(15)22/h2-9,14,18,23H,10-13,15-17H2,1H3;1-8,11,18H,9-10H2. The average molecular weight is 948 g/mol. The van der Waals surface area contributed by atoms with E-state index in [1.165, 1.54) is 0 Å². The predicted molar refractivity (Wildman–Crippen MR) is 240 cm³/mol. The van der Waals surface area contributed by atoms with Crippen molar-refractivity contribution in [2.75, 3.05) is 44.3 Å². The molecule has 0 bridgehead atoms. The van der Waals surface area contributed by atoms with Gasteiger partial charge in [-0.1, -0.05) is 87.8 Å². The number of imidazole rings is 2. The first kappa shape index (κ1) is 45.0. The largest absolute Gasteiger partial charge is 0.491 e. The second-order valence-corrected chi connectivity index (χ2v) is 17.0. The molecule has 3 atom stereocenters. The Morgan fingerprint density at radius 2 is 1.43 bits per heavy atom. The van der Waals surface area contributed by atoms with Crippen LogP contribution >= 0.6 is 69.6 Å².